The second-order valence-electron chi connectivity index (χ2n) is 11.3. The summed E-state index contributed by atoms with van der Waals surface area (Å²) < 4.78 is 12.8. The molecule has 7 nitrogen and oxygen atoms in total. The van der Waals surface area contributed by atoms with Gasteiger partial charge in [-0.25, -0.2) is 4.99 Å². The van der Waals surface area contributed by atoms with Crippen molar-refractivity contribution in [1.29, 1.82) is 0 Å². The molecule has 1 aliphatic carbocycles. The zero-order valence-electron chi connectivity index (χ0n) is 22.2. The van der Waals surface area contributed by atoms with E-state index in [0.717, 1.165) is 35.8 Å². The van der Waals surface area contributed by atoms with Gasteiger partial charge in [0.05, 0.1) is 0 Å². The second-order valence-corrected chi connectivity index (χ2v) is 15.1. The van der Waals surface area contributed by atoms with E-state index in [2.05, 4.69) is 69.1 Å². The first-order chi connectivity index (χ1) is 17.5. The van der Waals surface area contributed by atoms with Crippen molar-refractivity contribution < 1.29 is 4.57 Å². The van der Waals surface area contributed by atoms with Crippen LogP contribution in [0.4, 0.5) is 17.1 Å². The normalized spacial score (nSPS) is 23.4. The summed E-state index contributed by atoms with van der Waals surface area (Å²) in [4.78, 5) is 9.30. The largest absolute Gasteiger partial charge is 0.371 e. The fraction of sp³-hybridized carbons (Fsp3) is 0.464. The lowest BCUT2D eigenvalue weighted by Gasteiger charge is -2.54. The van der Waals surface area contributed by atoms with Gasteiger partial charge in [0.1, 0.15) is 7.14 Å². The monoisotopic (exact) mass is 540 g/mol. The summed E-state index contributed by atoms with van der Waals surface area (Å²) in [6.07, 6.45) is 8.66. The summed E-state index contributed by atoms with van der Waals surface area (Å²) in [5.41, 5.74) is 3.49. The number of nitrogens with zero attached hydrogens (tertiary/aromatic N) is 3. The molecule has 0 aromatic heterocycles. The molecule has 0 amide bonds. The smallest absolute Gasteiger partial charge is 0.210 e. The molecule has 1 spiro atoms. The molecule has 5 rings (SSSR count). The minimum atomic E-state index is -2.48. The molecule has 37 heavy (non-hydrogen) atoms. The molecule has 0 bridgehead atoms. The quantitative estimate of drug-likeness (QED) is 0.268. The van der Waals surface area contributed by atoms with E-state index in [9.17, 15) is 4.57 Å². The van der Waals surface area contributed by atoms with Crippen LogP contribution in [0.1, 0.15) is 25.7 Å². The third-order valence-electron chi connectivity index (χ3n) is 8.00. The van der Waals surface area contributed by atoms with E-state index in [0.29, 0.717) is 11.4 Å². The summed E-state index contributed by atoms with van der Waals surface area (Å²) >= 11 is 6.86. The molecular formula is C28H38ClN6OP. The van der Waals surface area contributed by atoms with E-state index in [1.54, 1.807) is 25.6 Å². The molecule has 3 aliphatic rings. The Bertz CT molecular complexity index is 1220. The van der Waals surface area contributed by atoms with Crippen LogP contribution in [0.25, 0.3) is 0 Å². The van der Waals surface area contributed by atoms with Gasteiger partial charge in [-0.15, -0.1) is 0 Å². The first kappa shape index (κ1) is 26.1. The highest BCUT2D eigenvalue weighted by Crippen LogP contribution is 2.50. The first-order valence-electron chi connectivity index (χ1n) is 13.0. The van der Waals surface area contributed by atoms with Gasteiger partial charge in [-0.05, 0) is 101 Å². The van der Waals surface area contributed by atoms with Crippen molar-refractivity contribution >= 4 is 47.1 Å². The topological polar surface area (TPSA) is 72.0 Å². The van der Waals surface area contributed by atoms with Gasteiger partial charge in [0.15, 0.2) is 0 Å². The number of hydrogen-bond acceptors (Lipinski definition) is 7. The van der Waals surface area contributed by atoms with Crippen molar-refractivity contribution in [2.24, 2.45) is 10.4 Å². The van der Waals surface area contributed by atoms with Gasteiger partial charge < -0.3 is 30.3 Å². The molecule has 0 radical (unpaired) electrons. The standard InChI is InChI=1S/C28H38ClN6OP/c1-34(2)23-19-27(20-23)14-17-35(18-15-27)22-11-9-21(10-12-22)31-26-30-16-13-28(29,33-26)32-24-7-5-6-8-25(24)37(3,4)36/h5-13,16,23,32H,14-15,17-20H2,1-4H3,(H2,30,31,33). The number of alkyl halides is 1. The number of halogens is 1. The lowest BCUT2D eigenvalue weighted by Crippen LogP contribution is -2.53. The van der Waals surface area contributed by atoms with Crippen LogP contribution in [0.2, 0.25) is 0 Å². The second kappa shape index (κ2) is 10.0. The van der Waals surface area contributed by atoms with Crippen LogP contribution >= 0.6 is 18.7 Å². The van der Waals surface area contributed by atoms with Crippen molar-refractivity contribution in [1.82, 2.24) is 10.2 Å². The Balaban J connectivity index is 1.18. The number of para-hydroxylation sites is 1. The van der Waals surface area contributed by atoms with Gasteiger partial charge in [0.25, 0.3) is 0 Å². The molecule has 2 fully saturated rings. The lowest BCUT2D eigenvalue weighted by molar-refractivity contribution is 0.00490. The number of rotatable bonds is 6. The minimum Gasteiger partial charge on any atom is -0.371 e. The summed E-state index contributed by atoms with van der Waals surface area (Å²) in [5, 5.41) is 9.49. The van der Waals surface area contributed by atoms with E-state index >= 15 is 0 Å². The number of benzene rings is 2. The molecule has 2 aromatic carbocycles. The van der Waals surface area contributed by atoms with Crippen molar-refractivity contribution in [2.45, 2.75) is 36.8 Å². The van der Waals surface area contributed by atoms with E-state index in [4.69, 9.17) is 11.6 Å². The molecule has 3 N–H and O–H groups in total. The molecule has 1 saturated heterocycles. The third-order valence-corrected chi connectivity index (χ3v) is 9.86. The van der Waals surface area contributed by atoms with Gasteiger partial charge in [-0.1, -0.05) is 23.7 Å². The molecule has 1 atom stereocenters. The van der Waals surface area contributed by atoms with Crippen LogP contribution in [0.3, 0.4) is 0 Å². The van der Waals surface area contributed by atoms with Gasteiger partial charge in [0.2, 0.25) is 11.1 Å². The van der Waals surface area contributed by atoms with Crippen LogP contribution in [0.5, 0.6) is 0 Å². The molecule has 9 heteroatoms. The number of guanidine groups is 1. The summed E-state index contributed by atoms with van der Waals surface area (Å²) in [6, 6.07) is 16.8. The van der Waals surface area contributed by atoms with Crippen LogP contribution in [-0.2, 0) is 4.57 Å². The maximum absolute atomic E-state index is 12.8. The molecule has 1 saturated carbocycles. The van der Waals surface area contributed by atoms with Crippen molar-refractivity contribution in [3.63, 3.8) is 0 Å². The number of piperidine rings is 1. The predicted octanol–water partition coefficient (Wildman–Crippen LogP) is 5.13. The Morgan fingerprint density at radius 2 is 1.76 bits per heavy atom. The van der Waals surface area contributed by atoms with E-state index in [-0.39, 0.29) is 0 Å². The Labute approximate surface area is 225 Å². The number of anilines is 3. The van der Waals surface area contributed by atoms with E-state index in [1.165, 1.54) is 31.4 Å². The van der Waals surface area contributed by atoms with Crippen LogP contribution in [0.15, 0.2) is 65.8 Å². The maximum Gasteiger partial charge on any atom is 0.210 e. The van der Waals surface area contributed by atoms with Gasteiger partial charge in [0, 0.05) is 47.7 Å². The molecule has 2 aromatic rings. The van der Waals surface area contributed by atoms with Crippen molar-refractivity contribution in [2.75, 3.05) is 56.0 Å². The fourth-order valence-electron chi connectivity index (χ4n) is 5.69. The average Bonchev–Trinajstić information content (AvgIpc) is 2.82. The molecule has 198 valence electrons. The van der Waals surface area contributed by atoms with Crippen LogP contribution in [0, 0.1) is 5.41 Å². The molecule has 1 unspecified atom stereocenters. The summed E-state index contributed by atoms with van der Waals surface area (Å²) in [6.45, 7) is 5.76. The number of nitrogens with one attached hydrogen (secondary N) is 3. The summed E-state index contributed by atoms with van der Waals surface area (Å²) in [7, 11) is 1.92. The SMILES string of the molecule is CN(C)C1CC2(CCN(c3ccc(NC4=NC=CC(Cl)(Nc5ccccc5P(C)(C)=O)N4)cc3)CC2)C1. The predicted molar refractivity (Wildman–Crippen MR) is 158 cm³/mol. The van der Waals surface area contributed by atoms with E-state index in [1.807, 2.05) is 24.3 Å². The van der Waals surface area contributed by atoms with Gasteiger partial charge in [-0.2, -0.15) is 0 Å². The first-order valence-corrected chi connectivity index (χ1v) is 16.0. The van der Waals surface area contributed by atoms with Crippen molar-refractivity contribution in [3.8, 4) is 0 Å². The number of aliphatic imine (C=N–C) groups is 1. The van der Waals surface area contributed by atoms with Crippen LogP contribution < -0.4 is 26.2 Å². The Morgan fingerprint density at radius 3 is 2.41 bits per heavy atom. The highest BCUT2D eigenvalue weighted by Gasteiger charge is 2.46. The average molecular weight is 541 g/mol. The molecule has 2 aliphatic heterocycles. The maximum atomic E-state index is 12.8. The lowest BCUT2D eigenvalue weighted by atomic mass is 9.60. The zero-order chi connectivity index (χ0) is 26.3. The Kier molecular flexibility index (Phi) is 7.08. The van der Waals surface area contributed by atoms with E-state index < -0.39 is 12.3 Å². The Morgan fingerprint density at radius 1 is 1.08 bits per heavy atom. The molecule has 2 heterocycles. The third kappa shape index (κ3) is 5.84. The minimum absolute atomic E-state index is 0.534. The zero-order valence-corrected chi connectivity index (χ0v) is 23.8. The fourth-order valence-corrected chi connectivity index (χ4v) is 7.09. The Hall–Kier alpha value is -2.47. The van der Waals surface area contributed by atoms with Crippen molar-refractivity contribution in [3.05, 3.63) is 60.8 Å². The molecular weight excluding hydrogens is 503 g/mol. The van der Waals surface area contributed by atoms with Gasteiger partial charge in [-0.3, -0.25) is 0 Å². The van der Waals surface area contributed by atoms with Gasteiger partial charge >= 0.3 is 0 Å². The van der Waals surface area contributed by atoms with Crippen LogP contribution in [-0.4, -0.2) is 62.5 Å². The number of hydrogen-bond donors (Lipinski definition) is 3. The summed E-state index contributed by atoms with van der Waals surface area (Å²) in [5.74, 6) is 0.534. The highest BCUT2D eigenvalue weighted by atomic mass is 35.5. The highest BCUT2D eigenvalue weighted by molar-refractivity contribution is 7.70.